The van der Waals surface area contributed by atoms with Crippen LogP contribution in [0.15, 0.2) is 23.1 Å². The fourth-order valence-electron chi connectivity index (χ4n) is 2.47. The van der Waals surface area contributed by atoms with Gasteiger partial charge in [0.15, 0.2) is 0 Å². The van der Waals surface area contributed by atoms with Gasteiger partial charge in [-0.1, -0.05) is 19.3 Å². The second-order valence-electron chi connectivity index (χ2n) is 4.95. The number of rotatable bonds is 4. The van der Waals surface area contributed by atoms with E-state index in [1.54, 1.807) is 0 Å². The molecule has 1 fully saturated rings. The van der Waals surface area contributed by atoms with Crippen molar-refractivity contribution < 1.29 is 8.78 Å². The third-order valence-electron chi connectivity index (χ3n) is 3.58. The van der Waals surface area contributed by atoms with Crippen molar-refractivity contribution in [2.45, 2.75) is 43.0 Å². The second-order valence-corrected chi connectivity index (χ2v) is 6.01. The Kier molecular flexibility index (Phi) is 5.01. The minimum atomic E-state index is -0.398. The average Bonchev–Trinajstić information content (AvgIpc) is 2.40. The summed E-state index contributed by atoms with van der Waals surface area (Å²) in [5.74, 6) is 0.440. The molecule has 18 heavy (non-hydrogen) atoms. The van der Waals surface area contributed by atoms with Gasteiger partial charge in [-0.3, -0.25) is 0 Å². The molecule has 100 valence electrons. The van der Waals surface area contributed by atoms with Gasteiger partial charge in [-0.15, -0.1) is 11.8 Å². The lowest BCUT2D eigenvalue weighted by Crippen LogP contribution is -2.33. The molecule has 0 aliphatic heterocycles. The number of hydrogen-bond acceptors (Lipinski definition) is 2. The second kappa shape index (κ2) is 6.53. The van der Waals surface area contributed by atoms with Crippen molar-refractivity contribution in [3.05, 3.63) is 29.8 Å². The van der Waals surface area contributed by atoms with Crippen molar-refractivity contribution in [2.24, 2.45) is 11.7 Å². The predicted octanol–water partition coefficient (Wildman–Crippen LogP) is 3.96. The lowest BCUT2D eigenvalue weighted by atomic mass is 9.85. The molecular weight excluding hydrogens is 252 g/mol. The standard InChI is InChI=1S/C14H19F2NS/c15-11-6-7-12(16)14(8-11)18-9-13(17)10-4-2-1-3-5-10/h6-8,10,13H,1-5,9,17H2. The van der Waals surface area contributed by atoms with Gasteiger partial charge < -0.3 is 5.73 Å². The van der Waals surface area contributed by atoms with Gasteiger partial charge in [-0.05, 0) is 37.0 Å². The van der Waals surface area contributed by atoms with Gasteiger partial charge in [0.05, 0.1) is 0 Å². The summed E-state index contributed by atoms with van der Waals surface area (Å²) in [6.45, 7) is 0. The maximum Gasteiger partial charge on any atom is 0.136 e. The zero-order valence-electron chi connectivity index (χ0n) is 10.4. The van der Waals surface area contributed by atoms with Crippen molar-refractivity contribution in [2.75, 3.05) is 5.75 Å². The van der Waals surface area contributed by atoms with Crippen LogP contribution in [-0.4, -0.2) is 11.8 Å². The van der Waals surface area contributed by atoms with Crippen molar-refractivity contribution >= 4 is 11.8 Å². The number of benzene rings is 1. The van der Waals surface area contributed by atoms with E-state index < -0.39 is 5.82 Å². The number of hydrogen-bond donors (Lipinski definition) is 1. The Labute approximate surface area is 111 Å². The fourth-order valence-corrected chi connectivity index (χ4v) is 3.52. The lowest BCUT2D eigenvalue weighted by molar-refractivity contribution is 0.319. The highest BCUT2D eigenvalue weighted by Gasteiger charge is 2.20. The van der Waals surface area contributed by atoms with Gasteiger partial charge in [0.2, 0.25) is 0 Å². The third-order valence-corrected chi connectivity index (χ3v) is 4.76. The van der Waals surface area contributed by atoms with Gasteiger partial charge in [0.1, 0.15) is 11.6 Å². The minimum absolute atomic E-state index is 0.0815. The quantitative estimate of drug-likeness (QED) is 0.839. The van der Waals surface area contributed by atoms with E-state index in [2.05, 4.69) is 0 Å². The molecule has 4 heteroatoms. The molecule has 2 rings (SSSR count). The maximum atomic E-state index is 13.4. The van der Waals surface area contributed by atoms with Crippen LogP contribution in [0.1, 0.15) is 32.1 Å². The fraction of sp³-hybridized carbons (Fsp3) is 0.571. The first-order valence-corrected chi connectivity index (χ1v) is 7.49. The van der Waals surface area contributed by atoms with Crippen molar-refractivity contribution in [1.82, 2.24) is 0 Å². The van der Waals surface area contributed by atoms with E-state index >= 15 is 0 Å². The van der Waals surface area contributed by atoms with Crippen LogP contribution < -0.4 is 5.73 Å². The number of nitrogens with two attached hydrogens (primary N) is 1. The first-order chi connectivity index (χ1) is 8.66. The van der Waals surface area contributed by atoms with E-state index in [1.807, 2.05) is 0 Å². The molecule has 1 aliphatic rings. The summed E-state index contributed by atoms with van der Waals surface area (Å²) >= 11 is 1.32. The molecule has 0 bridgehead atoms. The molecule has 1 nitrogen and oxygen atoms in total. The summed E-state index contributed by atoms with van der Waals surface area (Å²) < 4.78 is 26.4. The Bertz CT molecular complexity index is 391. The van der Waals surface area contributed by atoms with Crippen LogP contribution in [0.3, 0.4) is 0 Å². The summed E-state index contributed by atoms with van der Waals surface area (Å²) in [6, 6.07) is 3.63. The molecule has 1 aromatic carbocycles. The molecule has 0 heterocycles. The highest BCUT2D eigenvalue weighted by atomic mass is 32.2. The molecule has 1 aromatic rings. The lowest BCUT2D eigenvalue weighted by Gasteiger charge is -2.27. The summed E-state index contributed by atoms with van der Waals surface area (Å²) in [4.78, 5) is 0.362. The normalized spacial score (nSPS) is 18.8. The van der Waals surface area contributed by atoms with Gasteiger partial charge in [0.25, 0.3) is 0 Å². The molecule has 1 unspecified atom stereocenters. The van der Waals surface area contributed by atoms with Gasteiger partial charge >= 0.3 is 0 Å². The molecular formula is C14H19F2NS. The molecule has 1 aliphatic carbocycles. The molecule has 2 N–H and O–H groups in total. The Morgan fingerprint density at radius 2 is 1.94 bits per heavy atom. The van der Waals surface area contributed by atoms with E-state index in [0.29, 0.717) is 16.6 Å². The zero-order chi connectivity index (χ0) is 13.0. The van der Waals surface area contributed by atoms with Crippen molar-refractivity contribution in [3.63, 3.8) is 0 Å². The maximum absolute atomic E-state index is 13.4. The van der Waals surface area contributed by atoms with Crippen LogP contribution in [0, 0.1) is 17.6 Å². The van der Waals surface area contributed by atoms with Crippen LogP contribution >= 0.6 is 11.8 Å². The summed E-state index contributed by atoms with van der Waals surface area (Å²) in [5.41, 5.74) is 6.15. The van der Waals surface area contributed by atoms with Gasteiger partial charge in [-0.25, -0.2) is 8.78 Å². The van der Waals surface area contributed by atoms with Crippen molar-refractivity contribution in [3.8, 4) is 0 Å². The highest BCUT2D eigenvalue weighted by Crippen LogP contribution is 2.29. The summed E-state index contributed by atoms with van der Waals surface area (Å²) in [6.07, 6.45) is 6.14. The largest absolute Gasteiger partial charge is 0.327 e. The Morgan fingerprint density at radius 3 is 2.67 bits per heavy atom. The van der Waals surface area contributed by atoms with E-state index in [-0.39, 0.29) is 11.9 Å². The van der Waals surface area contributed by atoms with Gasteiger partial charge in [-0.2, -0.15) is 0 Å². The highest BCUT2D eigenvalue weighted by molar-refractivity contribution is 7.99. The number of halogens is 2. The molecule has 0 spiro atoms. The van der Waals surface area contributed by atoms with E-state index in [9.17, 15) is 8.78 Å². The van der Waals surface area contributed by atoms with Gasteiger partial charge in [0, 0.05) is 16.7 Å². The molecule has 0 saturated heterocycles. The van der Waals surface area contributed by atoms with E-state index in [1.165, 1.54) is 56.0 Å². The predicted molar refractivity (Wildman–Crippen MR) is 71.6 cm³/mol. The van der Waals surface area contributed by atoms with Crippen molar-refractivity contribution in [1.29, 1.82) is 0 Å². The topological polar surface area (TPSA) is 26.0 Å². The molecule has 1 saturated carbocycles. The van der Waals surface area contributed by atoms with Crippen LogP contribution in [0.2, 0.25) is 0 Å². The third kappa shape index (κ3) is 3.69. The molecule has 0 radical (unpaired) electrons. The van der Waals surface area contributed by atoms with Crippen LogP contribution in [0.5, 0.6) is 0 Å². The zero-order valence-corrected chi connectivity index (χ0v) is 11.2. The number of thioether (sulfide) groups is 1. The molecule has 0 amide bonds. The average molecular weight is 271 g/mol. The Balaban J connectivity index is 1.88. The monoisotopic (exact) mass is 271 g/mol. The smallest absolute Gasteiger partial charge is 0.136 e. The summed E-state index contributed by atoms with van der Waals surface area (Å²) in [5, 5.41) is 0. The first kappa shape index (κ1) is 13.8. The Hall–Kier alpha value is -0.610. The van der Waals surface area contributed by atoms with Crippen LogP contribution in [-0.2, 0) is 0 Å². The van der Waals surface area contributed by atoms with E-state index in [4.69, 9.17) is 5.73 Å². The minimum Gasteiger partial charge on any atom is -0.327 e. The van der Waals surface area contributed by atoms with Crippen LogP contribution in [0.4, 0.5) is 8.78 Å². The molecule has 0 aromatic heterocycles. The molecule has 1 atom stereocenters. The van der Waals surface area contributed by atoms with Crippen LogP contribution in [0.25, 0.3) is 0 Å². The Morgan fingerprint density at radius 1 is 1.22 bits per heavy atom. The SMILES string of the molecule is NC(CSc1cc(F)ccc1F)C1CCCCC1. The first-order valence-electron chi connectivity index (χ1n) is 6.50. The summed E-state index contributed by atoms with van der Waals surface area (Å²) in [7, 11) is 0. The van der Waals surface area contributed by atoms with E-state index in [0.717, 1.165) is 6.07 Å².